The number of nitrogens with zero attached hydrogens (tertiary/aromatic N) is 2. The van der Waals surface area contributed by atoms with Crippen LogP contribution in [-0.2, 0) is 10.0 Å². The van der Waals surface area contributed by atoms with E-state index in [0.717, 1.165) is 5.56 Å². The van der Waals surface area contributed by atoms with Crippen LogP contribution < -0.4 is 10.1 Å². The SMILES string of the molecule is CCN(CC)S(=O)(=O)c1ccc(Oc2ccc(C)cc2)c(NC(=O)c2ccccn2)c1. The number of sulfonamides is 1. The fourth-order valence-corrected chi connectivity index (χ4v) is 4.47. The van der Waals surface area contributed by atoms with E-state index < -0.39 is 15.9 Å². The quantitative estimate of drug-likeness (QED) is 0.560. The number of pyridine rings is 1. The summed E-state index contributed by atoms with van der Waals surface area (Å²) in [4.78, 5) is 16.8. The molecule has 0 aliphatic carbocycles. The number of benzene rings is 2. The number of hydrogen-bond acceptors (Lipinski definition) is 5. The molecule has 0 saturated carbocycles. The standard InChI is InChI=1S/C23H25N3O4S/c1-4-26(5-2)31(28,29)19-13-14-22(30-18-11-9-17(3)10-12-18)21(16-19)25-23(27)20-8-6-7-15-24-20/h6-16H,4-5H2,1-3H3,(H,25,27). The third-order valence-corrected chi connectivity index (χ3v) is 6.73. The number of amides is 1. The first-order valence-corrected chi connectivity index (χ1v) is 11.4. The first-order chi connectivity index (χ1) is 14.8. The Morgan fingerprint density at radius 2 is 1.74 bits per heavy atom. The van der Waals surface area contributed by atoms with Gasteiger partial charge in [-0.15, -0.1) is 0 Å². The largest absolute Gasteiger partial charge is 0.455 e. The van der Waals surface area contributed by atoms with Crippen LogP contribution in [0, 0.1) is 6.92 Å². The number of nitrogens with one attached hydrogen (secondary N) is 1. The van der Waals surface area contributed by atoms with Gasteiger partial charge in [-0.25, -0.2) is 8.42 Å². The Morgan fingerprint density at radius 3 is 2.35 bits per heavy atom. The monoisotopic (exact) mass is 439 g/mol. The molecular formula is C23H25N3O4S. The molecule has 3 aromatic rings. The molecule has 8 heteroatoms. The van der Waals surface area contributed by atoms with Crippen molar-refractivity contribution in [2.24, 2.45) is 0 Å². The maximum atomic E-state index is 13.0. The van der Waals surface area contributed by atoms with E-state index in [2.05, 4.69) is 10.3 Å². The van der Waals surface area contributed by atoms with Crippen molar-refractivity contribution in [3.8, 4) is 11.5 Å². The first-order valence-electron chi connectivity index (χ1n) is 9.96. The van der Waals surface area contributed by atoms with Crippen LogP contribution in [0.25, 0.3) is 0 Å². The fourth-order valence-electron chi connectivity index (χ4n) is 2.99. The molecule has 0 aliphatic rings. The summed E-state index contributed by atoms with van der Waals surface area (Å²) in [6, 6.07) is 16.8. The summed E-state index contributed by atoms with van der Waals surface area (Å²) in [6.07, 6.45) is 1.51. The van der Waals surface area contributed by atoms with E-state index >= 15 is 0 Å². The number of aryl methyl sites for hydroxylation is 1. The van der Waals surface area contributed by atoms with Gasteiger partial charge in [-0.1, -0.05) is 37.6 Å². The molecule has 0 fully saturated rings. The second kappa shape index (κ2) is 9.72. The highest BCUT2D eigenvalue weighted by Crippen LogP contribution is 2.33. The minimum absolute atomic E-state index is 0.0729. The molecule has 162 valence electrons. The van der Waals surface area contributed by atoms with Crippen molar-refractivity contribution < 1.29 is 17.9 Å². The van der Waals surface area contributed by atoms with Crippen LogP contribution >= 0.6 is 0 Å². The minimum Gasteiger partial charge on any atom is -0.455 e. The van der Waals surface area contributed by atoms with Crippen molar-refractivity contribution in [1.29, 1.82) is 0 Å². The zero-order valence-corrected chi connectivity index (χ0v) is 18.5. The van der Waals surface area contributed by atoms with Crippen molar-refractivity contribution in [1.82, 2.24) is 9.29 Å². The molecule has 1 amide bonds. The van der Waals surface area contributed by atoms with Crippen LogP contribution in [0.3, 0.4) is 0 Å². The number of aromatic nitrogens is 1. The maximum Gasteiger partial charge on any atom is 0.274 e. The molecule has 1 N–H and O–H groups in total. The Labute approximate surface area is 182 Å². The lowest BCUT2D eigenvalue weighted by molar-refractivity contribution is 0.102. The van der Waals surface area contributed by atoms with Crippen molar-refractivity contribution in [2.75, 3.05) is 18.4 Å². The van der Waals surface area contributed by atoms with Crippen molar-refractivity contribution in [3.63, 3.8) is 0 Å². The molecule has 0 unspecified atom stereocenters. The van der Waals surface area contributed by atoms with Gasteiger partial charge < -0.3 is 10.1 Å². The second-order valence-corrected chi connectivity index (χ2v) is 8.77. The highest BCUT2D eigenvalue weighted by Gasteiger charge is 2.24. The number of hydrogen-bond donors (Lipinski definition) is 1. The number of carbonyl (C=O) groups is 1. The zero-order valence-electron chi connectivity index (χ0n) is 17.7. The predicted molar refractivity (Wildman–Crippen MR) is 120 cm³/mol. The van der Waals surface area contributed by atoms with Crippen LogP contribution in [0.15, 0.2) is 71.8 Å². The summed E-state index contributed by atoms with van der Waals surface area (Å²) in [5.74, 6) is 0.427. The number of rotatable bonds is 8. The number of anilines is 1. The number of carbonyl (C=O) groups excluding carboxylic acids is 1. The average Bonchev–Trinajstić information content (AvgIpc) is 2.77. The van der Waals surface area contributed by atoms with E-state index in [1.807, 2.05) is 19.1 Å². The molecule has 0 spiro atoms. The Hall–Kier alpha value is -3.23. The van der Waals surface area contributed by atoms with Gasteiger partial charge in [0.1, 0.15) is 11.4 Å². The average molecular weight is 440 g/mol. The Morgan fingerprint density at radius 1 is 1.03 bits per heavy atom. The van der Waals surface area contributed by atoms with E-state index in [1.54, 1.807) is 50.2 Å². The third-order valence-electron chi connectivity index (χ3n) is 4.69. The Balaban J connectivity index is 2.01. The zero-order chi connectivity index (χ0) is 22.4. The molecule has 0 bridgehead atoms. The topological polar surface area (TPSA) is 88.6 Å². The summed E-state index contributed by atoms with van der Waals surface area (Å²) in [5, 5.41) is 2.74. The molecule has 0 saturated heterocycles. The minimum atomic E-state index is -3.71. The Bertz CT molecular complexity index is 1140. The van der Waals surface area contributed by atoms with Gasteiger partial charge in [0.2, 0.25) is 10.0 Å². The van der Waals surface area contributed by atoms with Crippen molar-refractivity contribution >= 4 is 21.6 Å². The second-order valence-electron chi connectivity index (χ2n) is 6.83. The van der Waals surface area contributed by atoms with Crippen molar-refractivity contribution in [2.45, 2.75) is 25.7 Å². The lowest BCUT2D eigenvalue weighted by atomic mass is 10.2. The lowest BCUT2D eigenvalue weighted by Gasteiger charge is -2.20. The molecule has 1 aromatic heterocycles. The summed E-state index contributed by atoms with van der Waals surface area (Å²) >= 11 is 0. The lowest BCUT2D eigenvalue weighted by Crippen LogP contribution is -2.30. The summed E-state index contributed by atoms with van der Waals surface area (Å²) in [7, 11) is -3.71. The molecule has 0 aliphatic heterocycles. The van der Waals surface area contributed by atoms with Gasteiger partial charge in [-0.2, -0.15) is 4.31 Å². The highest BCUT2D eigenvalue weighted by molar-refractivity contribution is 7.89. The van der Waals surface area contributed by atoms with Crippen LogP contribution in [0.2, 0.25) is 0 Å². The molecule has 3 rings (SSSR count). The molecule has 0 radical (unpaired) electrons. The van der Waals surface area contributed by atoms with Crippen LogP contribution in [0.5, 0.6) is 11.5 Å². The van der Waals surface area contributed by atoms with Gasteiger partial charge in [0.25, 0.3) is 5.91 Å². The molecule has 0 atom stereocenters. The smallest absolute Gasteiger partial charge is 0.274 e. The van der Waals surface area contributed by atoms with E-state index in [4.69, 9.17) is 4.74 Å². The molecule has 31 heavy (non-hydrogen) atoms. The highest BCUT2D eigenvalue weighted by atomic mass is 32.2. The molecule has 7 nitrogen and oxygen atoms in total. The van der Waals surface area contributed by atoms with Gasteiger partial charge in [-0.05, 0) is 49.4 Å². The van der Waals surface area contributed by atoms with Crippen molar-refractivity contribution in [3.05, 3.63) is 78.1 Å². The molecular weight excluding hydrogens is 414 g/mol. The van der Waals surface area contributed by atoms with Crippen LogP contribution in [0.4, 0.5) is 5.69 Å². The predicted octanol–water partition coefficient (Wildman–Crippen LogP) is 4.47. The summed E-state index contributed by atoms with van der Waals surface area (Å²) < 4.78 is 33.2. The maximum absolute atomic E-state index is 13.0. The van der Waals surface area contributed by atoms with Gasteiger partial charge in [-0.3, -0.25) is 9.78 Å². The van der Waals surface area contributed by atoms with Crippen LogP contribution in [0.1, 0.15) is 29.9 Å². The van der Waals surface area contributed by atoms with Gasteiger partial charge in [0.05, 0.1) is 10.6 Å². The summed E-state index contributed by atoms with van der Waals surface area (Å²) in [5.41, 5.74) is 1.53. The van der Waals surface area contributed by atoms with Gasteiger partial charge >= 0.3 is 0 Å². The fraction of sp³-hybridized carbons (Fsp3) is 0.217. The first kappa shape index (κ1) is 22.5. The summed E-state index contributed by atoms with van der Waals surface area (Å²) in [6.45, 7) is 6.21. The van der Waals surface area contributed by atoms with Gasteiger partial charge in [0, 0.05) is 19.3 Å². The normalized spacial score (nSPS) is 11.4. The Kier molecular flexibility index (Phi) is 7.04. The number of ether oxygens (including phenoxy) is 1. The van der Waals surface area contributed by atoms with E-state index in [9.17, 15) is 13.2 Å². The van der Waals surface area contributed by atoms with E-state index in [1.165, 1.54) is 22.6 Å². The van der Waals surface area contributed by atoms with Gasteiger partial charge in [0.15, 0.2) is 5.75 Å². The van der Waals surface area contributed by atoms with E-state index in [-0.39, 0.29) is 16.3 Å². The molecule has 1 heterocycles. The third kappa shape index (κ3) is 5.28. The molecule has 2 aromatic carbocycles. The van der Waals surface area contributed by atoms with Crippen LogP contribution in [-0.4, -0.2) is 36.7 Å². The van der Waals surface area contributed by atoms with E-state index in [0.29, 0.717) is 24.6 Å².